The summed E-state index contributed by atoms with van der Waals surface area (Å²) in [5, 5.41) is 0.999. The molecular weight excluding hydrogens is 284 g/mol. The predicted octanol–water partition coefficient (Wildman–Crippen LogP) is 1.11. The Morgan fingerprint density at radius 2 is 2.00 bits per heavy atom. The Morgan fingerprint density at radius 3 is 2.82 bits per heavy atom. The van der Waals surface area contributed by atoms with Crippen LogP contribution in [0.2, 0.25) is 0 Å². The molecule has 1 aliphatic rings. The van der Waals surface area contributed by atoms with Crippen LogP contribution in [0.15, 0.2) is 30.5 Å². The highest BCUT2D eigenvalue weighted by Gasteiger charge is 2.18. The number of morpholine rings is 1. The first-order chi connectivity index (χ1) is 10.7. The van der Waals surface area contributed by atoms with Crippen LogP contribution in [0.1, 0.15) is 5.56 Å². The average molecular weight is 302 g/mol. The number of carbonyl (C=O) groups is 2. The van der Waals surface area contributed by atoms with Crippen molar-refractivity contribution in [3.63, 3.8) is 0 Å². The van der Waals surface area contributed by atoms with Crippen LogP contribution >= 0.6 is 0 Å². The van der Waals surface area contributed by atoms with Gasteiger partial charge < -0.3 is 19.4 Å². The quantitative estimate of drug-likeness (QED) is 0.859. The van der Waals surface area contributed by atoms with E-state index in [9.17, 15) is 9.59 Å². The van der Waals surface area contributed by atoms with Gasteiger partial charge in [-0.05, 0) is 11.6 Å². The van der Waals surface area contributed by atoms with Crippen LogP contribution in [0.5, 0.6) is 0 Å². The zero-order chi connectivity index (χ0) is 15.4. The zero-order valence-corrected chi connectivity index (χ0v) is 12.2. The SMILES string of the molecule is O=C(Cc1c[nH]c2ccccc12)OCC(=O)N1CCOCC1. The number of carbonyl (C=O) groups excluding carboxylic acids is 2. The lowest BCUT2D eigenvalue weighted by molar-refractivity contribution is -0.153. The van der Waals surface area contributed by atoms with E-state index in [-0.39, 0.29) is 18.9 Å². The largest absolute Gasteiger partial charge is 0.455 e. The number of benzene rings is 1. The summed E-state index contributed by atoms with van der Waals surface area (Å²) in [6.45, 7) is 1.98. The Balaban J connectivity index is 1.53. The third-order valence-corrected chi connectivity index (χ3v) is 3.73. The fraction of sp³-hybridized carbons (Fsp3) is 0.375. The van der Waals surface area contributed by atoms with Crippen molar-refractivity contribution in [1.29, 1.82) is 0 Å². The number of H-pyrrole nitrogens is 1. The second-order valence-corrected chi connectivity index (χ2v) is 5.19. The normalized spacial score (nSPS) is 15.0. The molecule has 3 rings (SSSR count). The summed E-state index contributed by atoms with van der Waals surface area (Å²) in [5.41, 5.74) is 1.86. The highest BCUT2D eigenvalue weighted by atomic mass is 16.5. The molecule has 0 unspecified atom stereocenters. The van der Waals surface area contributed by atoms with Crippen LogP contribution in [0, 0.1) is 0 Å². The number of hydrogen-bond acceptors (Lipinski definition) is 4. The molecule has 1 aromatic carbocycles. The number of nitrogens with one attached hydrogen (secondary N) is 1. The third-order valence-electron chi connectivity index (χ3n) is 3.73. The number of nitrogens with zero attached hydrogens (tertiary/aromatic N) is 1. The Bertz CT molecular complexity index is 674. The molecule has 0 spiro atoms. The van der Waals surface area contributed by atoms with E-state index in [1.807, 2.05) is 24.3 Å². The van der Waals surface area contributed by atoms with Gasteiger partial charge in [-0.3, -0.25) is 9.59 Å². The van der Waals surface area contributed by atoms with E-state index >= 15 is 0 Å². The summed E-state index contributed by atoms with van der Waals surface area (Å²) in [6.07, 6.45) is 1.95. The Kier molecular flexibility index (Phi) is 4.39. The average Bonchev–Trinajstić information content (AvgIpc) is 2.97. The molecule has 6 heteroatoms. The molecule has 1 N–H and O–H groups in total. The molecule has 1 saturated heterocycles. The maximum Gasteiger partial charge on any atom is 0.310 e. The summed E-state index contributed by atoms with van der Waals surface area (Å²) in [4.78, 5) is 28.6. The van der Waals surface area contributed by atoms with Gasteiger partial charge in [0.25, 0.3) is 5.91 Å². The monoisotopic (exact) mass is 302 g/mol. The van der Waals surface area contributed by atoms with Crippen LogP contribution in [0.4, 0.5) is 0 Å². The van der Waals surface area contributed by atoms with E-state index in [1.165, 1.54) is 0 Å². The highest BCUT2D eigenvalue weighted by molar-refractivity contribution is 5.88. The number of amides is 1. The van der Waals surface area contributed by atoms with Gasteiger partial charge in [-0.1, -0.05) is 18.2 Å². The Labute approximate surface area is 128 Å². The molecule has 0 radical (unpaired) electrons. The molecule has 2 aromatic rings. The molecule has 0 bridgehead atoms. The first-order valence-corrected chi connectivity index (χ1v) is 7.30. The number of hydrogen-bond donors (Lipinski definition) is 1. The second-order valence-electron chi connectivity index (χ2n) is 5.19. The first-order valence-electron chi connectivity index (χ1n) is 7.30. The second kappa shape index (κ2) is 6.62. The van der Waals surface area contributed by atoms with E-state index in [1.54, 1.807) is 11.1 Å². The minimum Gasteiger partial charge on any atom is -0.455 e. The summed E-state index contributed by atoms with van der Waals surface area (Å²) in [5.74, 6) is -0.568. The number of para-hydroxylation sites is 1. The topological polar surface area (TPSA) is 71.6 Å². The van der Waals surface area contributed by atoms with Crippen LogP contribution < -0.4 is 0 Å². The molecule has 6 nitrogen and oxygen atoms in total. The lowest BCUT2D eigenvalue weighted by Gasteiger charge is -2.26. The van der Waals surface area contributed by atoms with Gasteiger partial charge in [-0.2, -0.15) is 0 Å². The van der Waals surface area contributed by atoms with E-state index < -0.39 is 5.97 Å². The molecule has 1 amide bonds. The van der Waals surface area contributed by atoms with Crippen LogP contribution in [-0.2, 0) is 25.5 Å². The van der Waals surface area contributed by atoms with Gasteiger partial charge in [0, 0.05) is 30.2 Å². The van der Waals surface area contributed by atoms with Crippen molar-refractivity contribution in [3.8, 4) is 0 Å². The molecule has 0 saturated carbocycles. The van der Waals surface area contributed by atoms with Crippen LogP contribution in [0.3, 0.4) is 0 Å². The fourth-order valence-corrected chi connectivity index (χ4v) is 2.53. The Morgan fingerprint density at radius 1 is 1.23 bits per heavy atom. The van der Waals surface area contributed by atoms with Gasteiger partial charge in [0.05, 0.1) is 19.6 Å². The number of esters is 1. The van der Waals surface area contributed by atoms with Crippen molar-refractivity contribution in [1.82, 2.24) is 9.88 Å². The molecule has 1 aromatic heterocycles. The molecule has 0 atom stereocenters. The fourth-order valence-electron chi connectivity index (χ4n) is 2.53. The standard InChI is InChI=1S/C16H18N2O4/c19-15(18-5-7-21-8-6-18)11-22-16(20)9-12-10-17-14-4-2-1-3-13(12)14/h1-4,10,17H,5-9,11H2. The zero-order valence-electron chi connectivity index (χ0n) is 12.2. The lowest BCUT2D eigenvalue weighted by atomic mass is 10.1. The molecule has 2 heterocycles. The van der Waals surface area contributed by atoms with Crippen LogP contribution in [0.25, 0.3) is 10.9 Å². The lowest BCUT2D eigenvalue weighted by Crippen LogP contribution is -2.42. The van der Waals surface area contributed by atoms with Crippen molar-refractivity contribution in [3.05, 3.63) is 36.0 Å². The number of rotatable bonds is 4. The molecule has 1 aliphatic heterocycles. The number of aromatic amines is 1. The summed E-state index contributed by atoms with van der Waals surface area (Å²) in [7, 11) is 0. The molecular formula is C16H18N2O4. The first kappa shape index (κ1) is 14.6. The van der Waals surface area contributed by atoms with Crippen molar-refractivity contribution in [2.24, 2.45) is 0 Å². The van der Waals surface area contributed by atoms with Crippen molar-refractivity contribution >= 4 is 22.8 Å². The summed E-state index contributed by atoms with van der Waals surface area (Å²) in [6, 6.07) is 7.76. The maximum atomic E-state index is 11.9. The minimum atomic E-state index is -0.397. The smallest absolute Gasteiger partial charge is 0.310 e. The Hall–Kier alpha value is -2.34. The number of aromatic nitrogens is 1. The summed E-state index contributed by atoms with van der Waals surface area (Å²) < 4.78 is 10.3. The maximum absolute atomic E-state index is 11.9. The number of ether oxygens (including phenoxy) is 2. The van der Waals surface area contributed by atoms with E-state index in [4.69, 9.17) is 9.47 Å². The van der Waals surface area contributed by atoms with E-state index in [0.717, 1.165) is 16.5 Å². The van der Waals surface area contributed by atoms with Gasteiger partial charge >= 0.3 is 5.97 Å². The van der Waals surface area contributed by atoms with Crippen molar-refractivity contribution in [2.75, 3.05) is 32.9 Å². The predicted molar refractivity (Wildman–Crippen MR) is 80.4 cm³/mol. The van der Waals surface area contributed by atoms with Gasteiger partial charge in [0.2, 0.25) is 0 Å². The molecule has 0 aliphatic carbocycles. The molecule has 22 heavy (non-hydrogen) atoms. The highest BCUT2D eigenvalue weighted by Crippen LogP contribution is 2.18. The number of fused-ring (bicyclic) bond motifs is 1. The van der Waals surface area contributed by atoms with E-state index in [0.29, 0.717) is 26.3 Å². The van der Waals surface area contributed by atoms with Crippen molar-refractivity contribution < 1.29 is 19.1 Å². The third kappa shape index (κ3) is 3.28. The summed E-state index contributed by atoms with van der Waals surface area (Å²) >= 11 is 0. The van der Waals surface area contributed by atoms with Gasteiger partial charge in [-0.15, -0.1) is 0 Å². The van der Waals surface area contributed by atoms with Crippen LogP contribution in [-0.4, -0.2) is 54.7 Å². The molecule has 1 fully saturated rings. The van der Waals surface area contributed by atoms with Gasteiger partial charge in [0.15, 0.2) is 6.61 Å². The molecule has 116 valence electrons. The van der Waals surface area contributed by atoms with Crippen molar-refractivity contribution in [2.45, 2.75) is 6.42 Å². The minimum absolute atomic E-state index is 0.153. The van der Waals surface area contributed by atoms with E-state index in [2.05, 4.69) is 4.98 Å². The van der Waals surface area contributed by atoms with Gasteiger partial charge in [0.1, 0.15) is 0 Å². The van der Waals surface area contributed by atoms with Gasteiger partial charge in [-0.25, -0.2) is 0 Å².